The first-order chi connectivity index (χ1) is 13.9. The Bertz CT molecular complexity index is 1330. The first-order valence-electron chi connectivity index (χ1n) is 8.64. The van der Waals surface area contributed by atoms with Gasteiger partial charge in [-0.1, -0.05) is 42.5 Å². The molecule has 30 heavy (non-hydrogen) atoms. The van der Waals surface area contributed by atoms with E-state index in [4.69, 9.17) is 5.73 Å². The molecule has 0 unspecified atom stereocenters. The molecule has 0 aliphatic rings. The van der Waals surface area contributed by atoms with Gasteiger partial charge >= 0.3 is 29.6 Å². The summed E-state index contributed by atoms with van der Waals surface area (Å²) in [5.41, 5.74) is 9.13. The summed E-state index contributed by atoms with van der Waals surface area (Å²) >= 11 is 0. The number of nitrogen functional groups attached to an aromatic ring is 1. The van der Waals surface area contributed by atoms with E-state index in [1.165, 1.54) is 6.07 Å². The van der Waals surface area contributed by atoms with E-state index in [0.717, 1.165) is 11.1 Å². The van der Waals surface area contributed by atoms with E-state index >= 15 is 0 Å². The Balaban J connectivity index is 0.00000256. The molecule has 4 rings (SSSR count). The van der Waals surface area contributed by atoms with Crippen LogP contribution in [-0.4, -0.2) is 47.5 Å². The van der Waals surface area contributed by atoms with Crippen molar-refractivity contribution in [2.75, 3.05) is 5.73 Å². The van der Waals surface area contributed by atoms with Gasteiger partial charge in [0.25, 0.3) is 10.1 Å². The van der Waals surface area contributed by atoms with Crippen LogP contribution in [-0.2, 0) is 10.1 Å². The second-order valence-electron chi connectivity index (χ2n) is 6.32. The third kappa shape index (κ3) is 4.58. The van der Waals surface area contributed by atoms with Gasteiger partial charge in [-0.05, 0) is 35.4 Å². The van der Waals surface area contributed by atoms with Crippen molar-refractivity contribution >= 4 is 67.5 Å². The summed E-state index contributed by atoms with van der Waals surface area (Å²) < 4.78 is 33.2. The average Bonchev–Trinajstić information content (AvgIpc) is 2.73. The fraction of sp³-hybridized carbons (Fsp3) is 0. The van der Waals surface area contributed by atoms with E-state index in [1.54, 1.807) is 48.8 Å². The minimum atomic E-state index is -4.45. The Morgan fingerprint density at radius 1 is 0.867 bits per heavy atom. The second kappa shape index (κ2) is 9.03. The van der Waals surface area contributed by atoms with Gasteiger partial charge in [-0.2, -0.15) is 13.5 Å². The fourth-order valence-electron chi connectivity index (χ4n) is 3.01. The molecule has 0 amide bonds. The van der Waals surface area contributed by atoms with Crippen LogP contribution in [0.25, 0.3) is 21.9 Å². The van der Waals surface area contributed by atoms with Gasteiger partial charge in [-0.25, -0.2) is 0 Å². The molecule has 7 nitrogen and oxygen atoms in total. The maximum absolute atomic E-state index is 11.8. The van der Waals surface area contributed by atoms with Crippen LogP contribution in [0.5, 0.6) is 0 Å². The van der Waals surface area contributed by atoms with E-state index in [1.807, 2.05) is 24.3 Å². The second-order valence-corrected chi connectivity index (χ2v) is 7.71. The van der Waals surface area contributed by atoms with Crippen LogP contribution in [0.2, 0.25) is 0 Å². The zero-order chi connectivity index (χ0) is 20.4. The fourth-order valence-corrected chi connectivity index (χ4v) is 3.73. The number of pyridine rings is 1. The third-order valence-electron chi connectivity index (χ3n) is 4.44. The Labute approximate surface area is 195 Å². The number of benzene rings is 3. The Hall–Kier alpha value is -2.62. The van der Waals surface area contributed by atoms with Crippen LogP contribution in [0.3, 0.4) is 0 Å². The number of hydrogen-bond acceptors (Lipinski definition) is 6. The van der Waals surface area contributed by atoms with Crippen molar-refractivity contribution in [1.29, 1.82) is 0 Å². The van der Waals surface area contributed by atoms with Gasteiger partial charge in [0, 0.05) is 23.2 Å². The van der Waals surface area contributed by atoms with E-state index in [0.29, 0.717) is 16.5 Å². The van der Waals surface area contributed by atoms with E-state index < -0.39 is 10.1 Å². The molecular formula is C21H17N4NaO3S. The van der Waals surface area contributed by atoms with Crippen molar-refractivity contribution in [2.24, 2.45) is 10.2 Å². The van der Waals surface area contributed by atoms with Crippen molar-refractivity contribution in [3.8, 4) is 11.1 Å². The molecule has 4 aromatic rings. The summed E-state index contributed by atoms with van der Waals surface area (Å²) in [6.45, 7) is 0. The first kappa shape index (κ1) is 22.1. The van der Waals surface area contributed by atoms with Crippen LogP contribution in [0.1, 0.15) is 0 Å². The van der Waals surface area contributed by atoms with Crippen LogP contribution >= 0.6 is 0 Å². The summed E-state index contributed by atoms with van der Waals surface area (Å²) in [7, 11) is -4.45. The number of anilines is 1. The Morgan fingerprint density at radius 2 is 1.57 bits per heavy atom. The summed E-state index contributed by atoms with van der Waals surface area (Å²) in [6, 6.07) is 19.0. The molecule has 0 aliphatic carbocycles. The normalized spacial score (nSPS) is 11.5. The van der Waals surface area contributed by atoms with Gasteiger partial charge in [0.05, 0.1) is 11.4 Å². The molecule has 0 saturated carbocycles. The molecule has 146 valence electrons. The van der Waals surface area contributed by atoms with Gasteiger partial charge in [0.1, 0.15) is 10.6 Å². The van der Waals surface area contributed by atoms with Crippen molar-refractivity contribution in [1.82, 2.24) is 4.98 Å². The number of aromatic nitrogens is 1. The van der Waals surface area contributed by atoms with Crippen molar-refractivity contribution in [3.05, 3.63) is 79.1 Å². The molecule has 0 bridgehead atoms. The number of hydrogen-bond donors (Lipinski definition) is 2. The first-order valence-corrected chi connectivity index (χ1v) is 10.1. The molecule has 1 aromatic heterocycles. The molecule has 0 atom stereocenters. The summed E-state index contributed by atoms with van der Waals surface area (Å²) in [4.78, 5) is 3.84. The van der Waals surface area contributed by atoms with Gasteiger partial charge in [-0.15, -0.1) is 5.11 Å². The van der Waals surface area contributed by atoms with Gasteiger partial charge in [0.15, 0.2) is 0 Å². The van der Waals surface area contributed by atoms with Crippen LogP contribution in [0.15, 0.2) is 94.2 Å². The van der Waals surface area contributed by atoms with E-state index in [2.05, 4.69) is 15.2 Å². The minimum absolute atomic E-state index is 0. The molecule has 3 aromatic carbocycles. The zero-order valence-corrected chi connectivity index (χ0v) is 15.9. The summed E-state index contributed by atoms with van der Waals surface area (Å²) in [5, 5.41) is 9.07. The SMILES string of the molecule is Nc1c(N=Nc2ccc(-c3cccnc3)cc2)cc(S(=O)(=O)O)c2ccccc12.[NaH]. The molecule has 1 heterocycles. The standard InChI is InChI=1S/C21H16N4O3S.Na.H/c22-21-18-6-2-1-5-17(18)20(29(26,27)28)12-19(21)25-24-16-9-7-14(8-10-16)15-4-3-11-23-13-15;;/h1-13H,22H2,(H,26,27,28);;. The Morgan fingerprint density at radius 3 is 2.20 bits per heavy atom. The molecule has 0 fully saturated rings. The predicted molar refractivity (Wildman–Crippen MR) is 119 cm³/mol. The molecule has 9 heteroatoms. The van der Waals surface area contributed by atoms with Crippen molar-refractivity contribution < 1.29 is 13.0 Å². The molecule has 0 spiro atoms. The zero-order valence-electron chi connectivity index (χ0n) is 15.1. The topological polar surface area (TPSA) is 118 Å². The number of rotatable bonds is 4. The third-order valence-corrected chi connectivity index (χ3v) is 5.33. The maximum atomic E-state index is 11.8. The van der Waals surface area contributed by atoms with Crippen LogP contribution in [0, 0.1) is 0 Å². The monoisotopic (exact) mass is 428 g/mol. The molecular weight excluding hydrogens is 411 g/mol. The molecule has 0 aliphatic heterocycles. The van der Waals surface area contributed by atoms with Gasteiger partial charge in [0.2, 0.25) is 0 Å². The molecule has 0 saturated heterocycles. The summed E-state index contributed by atoms with van der Waals surface area (Å²) in [6.07, 6.45) is 3.48. The van der Waals surface area contributed by atoms with Crippen LogP contribution < -0.4 is 5.73 Å². The molecule has 3 N–H and O–H groups in total. The Kier molecular flexibility index (Phi) is 6.64. The van der Waals surface area contributed by atoms with Crippen molar-refractivity contribution in [3.63, 3.8) is 0 Å². The van der Waals surface area contributed by atoms with Crippen LogP contribution in [0.4, 0.5) is 17.1 Å². The predicted octanol–water partition coefficient (Wildman–Crippen LogP) is 4.50. The van der Waals surface area contributed by atoms with E-state index in [-0.39, 0.29) is 45.8 Å². The van der Waals surface area contributed by atoms with Gasteiger partial charge in [-0.3, -0.25) is 9.54 Å². The van der Waals surface area contributed by atoms with E-state index in [9.17, 15) is 13.0 Å². The van der Waals surface area contributed by atoms with Gasteiger partial charge < -0.3 is 5.73 Å². The number of azo groups is 1. The summed E-state index contributed by atoms with van der Waals surface area (Å²) in [5.74, 6) is 0. The molecule has 0 radical (unpaired) electrons. The van der Waals surface area contributed by atoms with Crippen molar-refractivity contribution in [2.45, 2.75) is 4.90 Å². The average molecular weight is 428 g/mol. The number of nitrogens with two attached hydrogens (primary N) is 1. The number of fused-ring (bicyclic) bond motifs is 1. The number of nitrogens with zero attached hydrogens (tertiary/aromatic N) is 3. The quantitative estimate of drug-likeness (QED) is 0.215.